The fraction of sp³-hybridized carbons (Fsp3) is 0.684. The van der Waals surface area contributed by atoms with Gasteiger partial charge in [-0.2, -0.15) is 0 Å². The zero-order valence-corrected chi connectivity index (χ0v) is 57.1. The van der Waals surface area contributed by atoms with Gasteiger partial charge in [0.15, 0.2) is 0 Å². The molecule has 0 saturated carbocycles. The van der Waals surface area contributed by atoms with Crippen molar-refractivity contribution in [2.24, 2.45) is 0 Å². The Balaban J connectivity index is 5.12. The summed E-state index contributed by atoms with van der Waals surface area (Å²) in [5.41, 5.74) is 0. The van der Waals surface area contributed by atoms with Gasteiger partial charge in [-0.3, -0.25) is 14.2 Å². The first-order chi connectivity index (χ1) is 41.9. The maximum Gasteiger partial charge on any atom is 0.306 e. The fourth-order valence-corrected chi connectivity index (χ4v) is 10.2. The van der Waals surface area contributed by atoms with E-state index in [0.717, 1.165) is 148 Å². The van der Waals surface area contributed by atoms with Crippen molar-refractivity contribution in [2.75, 3.05) is 40.9 Å². The van der Waals surface area contributed by atoms with E-state index in [9.17, 15) is 19.0 Å². The number of rotatable bonds is 62. The van der Waals surface area contributed by atoms with E-state index in [2.05, 4.69) is 148 Å². The molecule has 10 heteroatoms. The van der Waals surface area contributed by atoms with Crippen LogP contribution in [0.4, 0.5) is 0 Å². The van der Waals surface area contributed by atoms with E-state index in [1.54, 1.807) is 0 Å². The number of ether oxygens (including phenoxy) is 1. The first kappa shape index (κ1) is 82.1. The summed E-state index contributed by atoms with van der Waals surface area (Å²) in [4.78, 5) is 40.2. The number of nitrogens with zero attached hydrogens (tertiary/aromatic N) is 1. The second-order valence-corrected chi connectivity index (χ2v) is 25.7. The molecule has 9 nitrogen and oxygen atoms in total. The third kappa shape index (κ3) is 64.6. The minimum Gasteiger partial charge on any atom is -0.756 e. The average molecular weight is 1220 g/mol. The molecule has 1 N–H and O–H groups in total. The molecule has 0 bridgehead atoms. The van der Waals surface area contributed by atoms with E-state index in [1.807, 2.05) is 33.3 Å². The predicted molar refractivity (Wildman–Crippen MR) is 371 cm³/mol. The van der Waals surface area contributed by atoms with E-state index in [0.29, 0.717) is 23.9 Å². The van der Waals surface area contributed by atoms with Gasteiger partial charge in [0.05, 0.1) is 33.8 Å². The predicted octanol–water partition coefficient (Wildman–Crippen LogP) is 21.8. The second-order valence-electron chi connectivity index (χ2n) is 24.3. The number of amides is 1. The van der Waals surface area contributed by atoms with Crippen molar-refractivity contribution in [1.82, 2.24) is 5.32 Å². The van der Waals surface area contributed by atoms with Crippen molar-refractivity contribution in [3.05, 3.63) is 134 Å². The molecule has 492 valence electrons. The van der Waals surface area contributed by atoms with Crippen LogP contribution >= 0.6 is 7.82 Å². The molecule has 0 aliphatic rings. The van der Waals surface area contributed by atoms with Gasteiger partial charge in [-0.15, -0.1) is 0 Å². The van der Waals surface area contributed by atoms with E-state index in [4.69, 9.17) is 13.8 Å². The first-order valence-electron chi connectivity index (χ1n) is 35.0. The lowest BCUT2D eigenvalue weighted by molar-refractivity contribution is -0.870. The molecule has 0 spiro atoms. The minimum atomic E-state index is -4.72. The molecular weight excluding hydrogens is 1080 g/mol. The van der Waals surface area contributed by atoms with Crippen LogP contribution in [0.5, 0.6) is 0 Å². The summed E-state index contributed by atoms with van der Waals surface area (Å²) in [7, 11) is 1.16. The standard InChI is InChI=1S/C76H131N2O7P/c1-7-10-13-16-19-22-25-28-30-32-34-36-37-38-39-40-41-43-44-46-48-50-53-56-59-62-65-68-75(79)77-73(72-84-86(81,82)83-71-70-78(4,5)6)74(67-64-61-58-55-52-27-24-21-18-15-12-9-3)85-76(80)69-66-63-60-57-54-51-49-47-45-42-35-33-31-29-26-23-20-17-14-11-8-2/h10-11,13-14,19-20,22-23,28-31,34-36,38-39,42,47,49,64,67,73-74H,7-9,12,15-18,21,24-27,32-33,37,40-41,43-46,48,50-63,65-66,68-72H2,1-6H3,(H-,77,79,81,82)/b13-10-,14-11-,22-19-,23-20-,30-28-,31-29-,36-34-,39-38-,42-35-,49-47-,67-64-. The first-order valence-corrected chi connectivity index (χ1v) is 36.5. The van der Waals surface area contributed by atoms with Crippen LogP contribution in [0.15, 0.2) is 134 Å². The molecule has 0 saturated heterocycles. The maximum atomic E-state index is 13.6. The number of phosphoric acid groups is 1. The van der Waals surface area contributed by atoms with Gasteiger partial charge < -0.3 is 28.5 Å². The van der Waals surface area contributed by atoms with Gasteiger partial charge in [0.1, 0.15) is 19.3 Å². The van der Waals surface area contributed by atoms with Crippen LogP contribution in [-0.2, 0) is 27.9 Å². The minimum absolute atomic E-state index is 0.0329. The number of hydrogen-bond donors (Lipinski definition) is 1. The number of carbonyl (C=O) groups is 2. The number of nitrogens with one attached hydrogen (secondary N) is 1. The van der Waals surface area contributed by atoms with E-state index in [1.165, 1.54) is 96.3 Å². The van der Waals surface area contributed by atoms with Crippen molar-refractivity contribution in [3.63, 3.8) is 0 Å². The van der Waals surface area contributed by atoms with Gasteiger partial charge in [-0.05, 0) is 122 Å². The molecule has 0 radical (unpaired) electrons. The fourth-order valence-electron chi connectivity index (χ4n) is 9.52. The highest BCUT2D eigenvalue weighted by Gasteiger charge is 2.27. The number of carbonyl (C=O) groups excluding carboxylic acids is 2. The Kier molecular flexibility index (Phi) is 61.3. The number of phosphoric ester groups is 1. The van der Waals surface area contributed by atoms with E-state index < -0.39 is 26.6 Å². The summed E-state index contributed by atoms with van der Waals surface area (Å²) in [6.07, 6.45) is 91.4. The Morgan fingerprint density at radius 1 is 0.419 bits per heavy atom. The molecule has 0 aromatic carbocycles. The van der Waals surface area contributed by atoms with Gasteiger partial charge in [0.2, 0.25) is 5.91 Å². The topological polar surface area (TPSA) is 114 Å². The highest BCUT2D eigenvalue weighted by Crippen LogP contribution is 2.38. The second kappa shape index (κ2) is 64.1. The maximum absolute atomic E-state index is 13.6. The summed E-state index contributed by atoms with van der Waals surface area (Å²) in [6.45, 7) is 6.60. The van der Waals surface area contributed by atoms with Crippen molar-refractivity contribution in [1.29, 1.82) is 0 Å². The number of unbranched alkanes of at least 4 members (excludes halogenated alkanes) is 26. The van der Waals surface area contributed by atoms with Crippen LogP contribution in [0.2, 0.25) is 0 Å². The van der Waals surface area contributed by atoms with Crippen LogP contribution in [0, 0.1) is 0 Å². The van der Waals surface area contributed by atoms with Gasteiger partial charge in [-0.25, -0.2) is 0 Å². The number of esters is 1. The number of quaternary nitrogens is 1. The molecule has 0 aliphatic carbocycles. The molecule has 0 rings (SSSR count). The van der Waals surface area contributed by atoms with Crippen molar-refractivity contribution >= 4 is 19.7 Å². The molecule has 0 fully saturated rings. The zero-order valence-electron chi connectivity index (χ0n) is 56.2. The van der Waals surface area contributed by atoms with Gasteiger partial charge in [0, 0.05) is 12.8 Å². The van der Waals surface area contributed by atoms with Crippen molar-refractivity contribution in [2.45, 2.75) is 296 Å². The summed E-state index contributed by atoms with van der Waals surface area (Å²) in [5.74, 6) is -0.571. The molecule has 1 amide bonds. The van der Waals surface area contributed by atoms with Crippen molar-refractivity contribution < 1.29 is 37.3 Å². The monoisotopic (exact) mass is 1210 g/mol. The molecule has 0 heterocycles. The number of likely N-dealkylation sites (N-methyl/N-ethyl adjacent to an activating group) is 1. The Morgan fingerprint density at radius 3 is 1.12 bits per heavy atom. The van der Waals surface area contributed by atoms with Crippen LogP contribution in [0.25, 0.3) is 0 Å². The number of allylic oxidation sites excluding steroid dienone is 21. The molecule has 0 aromatic rings. The average Bonchev–Trinajstić information content (AvgIpc) is 3.67. The van der Waals surface area contributed by atoms with Crippen LogP contribution in [0.1, 0.15) is 284 Å². The molecule has 0 aromatic heterocycles. The Hall–Kier alpha value is -3.85. The summed E-state index contributed by atoms with van der Waals surface area (Å²) in [6, 6.07) is -0.909. The van der Waals surface area contributed by atoms with Gasteiger partial charge in [-0.1, -0.05) is 283 Å². The van der Waals surface area contributed by atoms with Gasteiger partial charge >= 0.3 is 5.97 Å². The Morgan fingerprint density at radius 2 is 0.744 bits per heavy atom. The van der Waals surface area contributed by atoms with Crippen LogP contribution in [-0.4, -0.2) is 69.4 Å². The SMILES string of the molecule is CC/C=C\C/C=C\C/C=C\C/C=C\C/C=C\CCCCCCCCCCCCCC(=O)NC(COP(=O)([O-])OCC[N+](C)(C)C)C(/C=C\CCCCCCCCCCCC)OC(=O)CCCCCCC/C=C\C/C=C\C/C=C\C/C=C\C/C=C\CC. The summed E-state index contributed by atoms with van der Waals surface area (Å²) < 4.78 is 30.4. The largest absolute Gasteiger partial charge is 0.756 e. The van der Waals surface area contributed by atoms with Crippen LogP contribution < -0.4 is 10.2 Å². The third-order valence-electron chi connectivity index (χ3n) is 14.8. The normalized spacial score (nSPS) is 14.4. The Bertz CT molecular complexity index is 1930. The highest BCUT2D eigenvalue weighted by molar-refractivity contribution is 7.45. The summed E-state index contributed by atoms with van der Waals surface area (Å²) in [5, 5.41) is 3.03. The lowest BCUT2D eigenvalue weighted by Crippen LogP contribution is -2.47. The van der Waals surface area contributed by atoms with Crippen molar-refractivity contribution in [3.8, 4) is 0 Å². The molecule has 86 heavy (non-hydrogen) atoms. The molecule has 3 unspecified atom stereocenters. The molecule has 3 atom stereocenters. The molecular formula is C76H131N2O7P. The third-order valence-corrected chi connectivity index (χ3v) is 15.8. The summed E-state index contributed by atoms with van der Waals surface area (Å²) >= 11 is 0. The highest BCUT2D eigenvalue weighted by atomic mass is 31.2. The molecule has 0 aliphatic heterocycles. The number of hydrogen-bond acceptors (Lipinski definition) is 7. The zero-order chi connectivity index (χ0) is 62.8. The van der Waals surface area contributed by atoms with E-state index in [-0.39, 0.29) is 24.9 Å². The smallest absolute Gasteiger partial charge is 0.306 e. The quantitative estimate of drug-likeness (QED) is 0.0212. The Labute approximate surface area is 530 Å². The lowest BCUT2D eigenvalue weighted by Gasteiger charge is -2.30. The van der Waals surface area contributed by atoms with E-state index >= 15 is 0 Å². The van der Waals surface area contributed by atoms with Crippen LogP contribution in [0.3, 0.4) is 0 Å². The lowest BCUT2D eigenvalue weighted by atomic mass is 10.0. The van der Waals surface area contributed by atoms with Gasteiger partial charge in [0.25, 0.3) is 7.82 Å².